The maximum absolute atomic E-state index is 9.83. The topological polar surface area (TPSA) is 43.7 Å². The molecule has 182 valence electrons. The van der Waals surface area contributed by atoms with Gasteiger partial charge in [0.1, 0.15) is 0 Å². The van der Waals surface area contributed by atoms with Crippen LogP contribution < -0.4 is 10.4 Å². The highest BCUT2D eigenvalue weighted by molar-refractivity contribution is 6.62. The molecule has 0 spiro atoms. The largest absolute Gasteiger partial charge is 0.489 e. The predicted octanol–water partition coefficient (Wildman–Crippen LogP) is 7.32. The zero-order valence-electron chi connectivity index (χ0n) is 20.8. The summed E-state index contributed by atoms with van der Waals surface area (Å²) >= 11 is 0. The van der Waals surface area contributed by atoms with E-state index < -0.39 is 7.12 Å². The van der Waals surface area contributed by atoms with E-state index in [4.69, 9.17) is 0 Å². The second kappa shape index (κ2) is 10.4. The zero-order valence-corrected chi connectivity index (χ0v) is 20.8. The number of hydrogen-bond acceptors (Lipinski definition) is 3. The smallest absolute Gasteiger partial charge is 0.423 e. The highest BCUT2D eigenvalue weighted by Gasteiger charge is 2.17. The Morgan fingerprint density at radius 1 is 0.395 bits per heavy atom. The fraction of sp³-hybridized carbons (Fsp3) is 0. The van der Waals surface area contributed by atoms with Crippen molar-refractivity contribution < 1.29 is 10.0 Å². The van der Waals surface area contributed by atoms with Gasteiger partial charge in [0, 0.05) is 17.1 Å². The highest BCUT2D eigenvalue weighted by Crippen LogP contribution is 2.37. The minimum absolute atomic E-state index is 0.509. The molecule has 0 saturated heterocycles. The van der Waals surface area contributed by atoms with Gasteiger partial charge in [-0.1, -0.05) is 109 Å². The Labute approximate surface area is 223 Å². The van der Waals surface area contributed by atoms with E-state index in [-0.39, 0.29) is 0 Å². The SMILES string of the molecule is OB(O)c1ccc(-c2ccc(N(c3ccccc3)c3ccc(-c4ccccc4)cc3)cc2)c2ccccc12. The number of hydrogen-bond donors (Lipinski definition) is 2. The molecule has 4 heteroatoms. The van der Waals surface area contributed by atoms with Gasteiger partial charge in [-0.15, -0.1) is 0 Å². The maximum atomic E-state index is 9.83. The summed E-state index contributed by atoms with van der Waals surface area (Å²) in [6.07, 6.45) is 0. The molecule has 0 aliphatic heterocycles. The van der Waals surface area contributed by atoms with Gasteiger partial charge in [-0.25, -0.2) is 0 Å². The van der Waals surface area contributed by atoms with Gasteiger partial charge >= 0.3 is 7.12 Å². The maximum Gasteiger partial charge on any atom is 0.489 e. The molecule has 6 aromatic carbocycles. The molecule has 0 fully saturated rings. The number of nitrogens with zero attached hydrogens (tertiary/aromatic N) is 1. The molecule has 0 radical (unpaired) electrons. The number of anilines is 3. The molecule has 0 aromatic heterocycles. The van der Waals surface area contributed by atoms with Gasteiger partial charge in [0.15, 0.2) is 0 Å². The molecule has 0 aliphatic carbocycles. The summed E-state index contributed by atoms with van der Waals surface area (Å²) in [5.74, 6) is 0. The molecule has 0 atom stereocenters. The van der Waals surface area contributed by atoms with Crippen molar-refractivity contribution in [1.82, 2.24) is 0 Å². The minimum atomic E-state index is -1.51. The molecule has 0 heterocycles. The molecule has 0 amide bonds. The number of benzene rings is 6. The Balaban J connectivity index is 1.39. The van der Waals surface area contributed by atoms with Crippen LogP contribution in [0.5, 0.6) is 0 Å². The number of para-hydroxylation sites is 1. The first-order valence-electron chi connectivity index (χ1n) is 12.7. The van der Waals surface area contributed by atoms with E-state index in [1.807, 2.05) is 42.5 Å². The lowest BCUT2D eigenvalue weighted by molar-refractivity contribution is 0.426. The summed E-state index contributed by atoms with van der Waals surface area (Å²) in [5, 5.41) is 21.5. The zero-order chi connectivity index (χ0) is 25.9. The summed E-state index contributed by atoms with van der Waals surface area (Å²) in [6, 6.07) is 49.6. The lowest BCUT2D eigenvalue weighted by atomic mass is 9.76. The van der Waals surface area contributed by atoms with Crippen molar-refractivity contribution in [1.29, 1.82) is 0 Å². The van der Waals surface area contributed by atoms with Gasteiger partial charge in [-0.05, 0) is 74.9 Å². The predicted molar refractivity (Wildman–Crippen MR) is 159 cm³/mol. The van der Waals surface area contributed by atoms with Crippen molar-refractivity contribution in [2.45, 2.75) is 0 Å². The second-order valence-electron chi connectivity index (χ2n) is 9.25. The normalized spacial score (nSPS) is 10.9. The summed E-state index contributed by atoms with van der Waals surface area (Å²) in [4.78, 5) is 2.25. The minimum Gasteiger partial charge on any atom is -0.423 e. The molecule has 6 rings (SSSR count). The lowest BCUT2D eigenvalue weighted by Gasteiger charge is -2.26. The molecular formula is C34H26BNO2. The van der Waals surface area contributed by atoms with Crippen LogP contribution in [0.3, 0.4) is 0 Å². The average molecular weight is 491 g/mol. The van der Waals surface area contributed by atoms with Gasteiger partial charge < -0.3 is 14.9 Å². The van der Waals surface area contributed by atoms with Crippen molar-refractivity contribution in [2.24, 2.45) is 0 Å². The summed E-state index contributed by atoms with van der Waals surface area (Å²) < 4.78 is 0. The van der Waals surface area contributed by atoms with Gasteiger partial charge in [-0.2, -0.15) is 0 Å². The van der Waals surface area contributed by atoms with Crippen LogP contribution >= 0.6 is 0 Å². The van der Waals surface area contributed by atoms with Gasteiger partial charge in [0.05, 0.1) is 0 Å². The van der Waals surface area contributed by atoms with Crippen LogP contribution in [0.4, 0.5) is 17.1 Å². The van der Waals surface area contributed by atoms with Crippen LogP contribution in [-0.4, -0.2) is 17.2 Å². The van der Waals surface area contributed by atoms with Crippen LogP contribution in [0.25, 0.3) is 33.0 Å². The summed E-state index contributed by atoms with van der Waals surface area (Å²) in [5.41, 5.74) is 8.22. The van der Waals surface area contributed by atoms with Crippen LogP contribution in [0.1, 0.15) is 0 Å². The summed E-state index contributed by atoms with van der Waals surface area (Å²) in [6.45, 7) is 0. The van der Waals surface area contributed by atoms with Crippen LogP contribution in [0, 0.1) is 0 Å². The quantitative estimate of drug-likeness (QED) is 0.240. The van der Waals surface area contributed by atoms with E-state index in [0.717, 1.165) is 39.0 Å². The van der Waals surface area contributed by atoms with Crippen molar-refractivity contribution >= 4 is 40.4 Å². The Hall–Kier alpha value is -4.64. The second-order valence-corrected chi connectivity index (χ2v) is 9.25. The summed E-state index contributed by atoms with van der Waals surface area (Å²) in [7, 11) is -1.51. The molecule has 0 saturated carbocycles. The standard InChI is InChI=1S/C34H26BNO2/c37-35(38)34-24-23-31(32-13-7-8-14-33(32)34)27-17-21-30(22-18-27)36(28-11-5-2-6-12-28)29-19-15-26(16-20-29)25-9-3-1-4-10-25/h1-24,37-38H. The van der Waals surface area contributed by atoms with Crippen molar-refractivity contribution in [3.05, 3.63) is 146 Å². The van der Waals surface area contributed by atoms with Crippen molar-refractivity contribution in [2.75, 3.05) is 4.90 Å². The van der Waals surface area contributed by atoms with Gasteiger partial charge in [0.2, 0.25) is 0 Å². The fourth-order valence-corrected chi connectivity index (χ4v) is 5.05. The Bertz CT molecular complexity index is 1670. The van der Waals surface area contributed by atoms with E-state index in [2.05, 4.69) is 102 Å². The fourth-order valence-electron chi connectivity index (χ4n) is 5.05. The first kappa shape index (κ1) is 23.7. The highest BCUT2D eigenvalue weighted by atomic mass is 16.4. The van der Waals surface area contributed by atoms with Crippen LogP contribution in [-0.2, 0) is 0 Å². The van der Waals surface area contributed by atoms with Crippen molar-refractivity contribution in [3.63, 3.8) is 0 Å². The third-order valence-corrected chi connectivity index (χ3v) is 6.92. The molecule has 2 N–H and O–H groups in total. The average Bonchev–Trinajstić information content (AvgIpc) is 2.98. The van der Waals surface area contributed by atoms with E-state index in [9.17, 15) is 10.0 Å². The van der Waals surface area contributed by atoms with Crippen molar-refractivity contribution in [3.8, 4) is 22.3 Å². The third-order valence-electron chi connectivity index (χ3n) is 6.92. The number of rotatable bonds is 6. The monoisotopic (exact) mass is 491 g/mol. The molecule has 0 aliphatic rings. The van der Waals surface area contributed by atoms with E-state index >= 15 is 0 Å². The van der Waals surface area contributed by atoms with E-state index in [1.165, 1.54) is 11.1 Å². The Morgan fingerprint density at radius 3 is 1.47 bits per heavy atom. The molecule has 38 heavy (non-hydrogen) atoms. The lowest BCUT2D eigenvalue weighted by Crippen LogP contribution is -2.30. The first-order valence-corrected chi connectivity index (χ1v) is 12.7. The van der Waals surface area contributed by atoms with Gasteiger partial charge in [-0.3, -0.25) is 0 Å². The van der Waals surface area contributed by atoms with E-state index in [1.54, 1.807) is 6.07 Å². The molecular weight excluding hydrogens is 465 g/mol. The third kappa shape index (κ3) is 4.59. The van der Waals surface area contributed by atoms with Crippen LogP contribution in [0.2, 0.25) is 0 Å². The number of fused-ring (bicyclic) bond motifs is 1. The van der Waals surface area contributed by atoms with Gasteiger partial charge in [0.25, 0.3) is 0 Å². The molecule has 6 aromatic rings. The molecule has 3 nitrogen and oxygen atoms in total. The molecule has 0 bridgehead atoms. The first-order chi connectivity index (χ1) is 18.7. The Kier molecular flexibility index (Phi) is 6.49. The molecule has 0 unspecified atom stereocenters. The van der Waals surface area contributed by atoms with Crippen LogP contribution in [0.15, 0.2) is 146 Å². The van der Waals surface area contributed by atoms with E-state index in [0.29, 0.717) is 5.46 Å². The Morgan fingerprint density at radius 2 is 0.868 bits per heavy atom.